The van der Waals surface area contributed by atoms with Gasteiger partial charge in [-0.25, -0.2) is 0 Å². The zero-order chi connectivity index (χ0) is 9.97. The quantitative estimate of drug-likeness (QED) is 0.674. The predicted molar refractivity (Wildman–Crippen MR) is 54.3 cm³/mol. The highest BCUT2D eigenvalue weighted by molar-refractivity contribution is 5.85. The van der Waals surface area contributed by atoms with E-state index in [0.717, 1.165) is 17.6 Å². The first kappa shape index (κ1) is 8.75. The van der Waals surface area contributed by atoms with Crippen LogP contribution in [0.4, 0.5) is 0 Å². The molecule has 0 spiro atoms. The molecule has 1 aromatic heterocycles. The molecule has 0 fully saturated rings. The van der Waals surface area contributed by atoms with E-state index in [1.165, 1.54) is 0 Å². The van der Waals surface area contributed by atoms with Crippen LogP contribution < -0.4 is 0 Å². The van der Waals surface area contributed by atoms with Crippen LogP contribution in [0.1, 0.15) is 16.1 Å². The number of aryl methyl sites for hydroxylation is 1. The number of aldehydes is 1. The van der Waals surface area contributed by atoms with E-state index in [2.05, 4.69) is 0 Å². The lowest BCUT2D eigenvalue weighted by Gasteiger charge is -1.96. The van der Waals surface area contributed by atoms with E-state index in [0.29, 0.717) is 11.3 Å². The van der Waals surface area contributed by atoms with Gasteiger partial charge in [-0.15, -0.1) is 0 Å². The fraction of sp³-hybridized carbons (Fsp3) is 0.0833. The minimum absolute atomic E-state index is 0.605. The number of carbonyl (C=O) groups is 1. The van der Waals surface area contributed by atoms with Crippen LogP contribution in [0.3, 0.4) is 0 Å². The van der Waals surface area contributed by atoms with Gasteiger partial charge < -0.3 is 4.42 Å². The molecule has 2 nitrogen and oxygen atoms in total. The van der Waals surface area contributed by atoms with E-state index in [9.17, 15) is 4.79 Å². The van der Waals surface area contributed by atoms with E-state index < -0.39 is 0 Å². The lowest BCUT2D eigenvalue weighted by molar-refractivity contribution is 0.112. The van der Waals surface area contributed by atoms with Gasteiger partial charge in [-0.3, -0.25) is 4.79 Å². The summed E-state index contributed by atoms with van der Waals surface area (Å²) in [4.78, 5) is 10.8. The molecule has 2 aromatic rings. The predicted octanol–water partition coefficient (Wildman–Crippen LogP) is 3.07. The normalized spacial score (nSPS) is 10.1. The van der Waals surface area contributed by atoms with Gasteiger partial charge >= 0.3 is 0 Å². The zero-order valence-electron chi connectivity index (χ0n) is 7.86. The molecule has 0 aliphatic heterocycles. The number of benzene rings is 1. The third kappa shape index (κ3) is 1.46. The Morgan fingerprint density at radius 2 is 1.93 bits per heavy atom. The minimum atomic E-state index is 0.605. The largest absolute Gasteiger partial charge is 0.461 e. The second-order valence-electron chi connectivity index (χ2n) is 3.13. The summed E-state index contributed by atoms with van der Waals surface area (Å²) in [5, 5.41) is 0. The highest BCUT2D eigenvalue weighted by Gasteiger charge is 2.09. The fourth-order valence-corrected chi connectivity index (χ4v) is 1.44. The molecule has 2 heteroatoms. The molecule has 0 N–H and O–H groups in total. The second-order valence-corrected chi connectivity index (χ2v) is 3.13. The smallest absolute Gasteiger partial charge is 0.153 e. The summed E-state index contributed by atoms with van der Waals surface area (Å²) in [5.41, 5.74) is 1.54. The Morgan fingerprint density at radius 1 is 1.21 bits per heavy atom. The van der Waals surface area contributed by atoms with Crippen LogP contribution in [0, 0.1) is 6.92 Å². The summed E-state index contributed by atoms with van der Waals surface area (Å²) in [6.07, 6.45) is 0.818. The van der Waals surface area contributed by atoms with E-state index in [4.69, 9.17) is 4.42 Å². The van der Waals surface area contributed by atoms with Crippen molar-refractivity contribution in [3.05, 3.63) is 47.7 Å². The molecule has 0 unspecified atom stereocenters. The second kappa shape index (κ2) is 3.50. The molecule has 70 valence electrons. The van der Waals surface area contributed by atoms with Gasteiger partial charge in [-0.1, -0.05) is 30.3 Å². The Kier molecular flexibility index (Phi) is 2.19. The molecule has 0 aliphatic carbocycles. The Labute approximate surface area is 82.2 Å². The molecule has 0 saturated carbocycles. The van der Waals surface area contributed by atoms with Crippen LogP contribution in [-0.2, 0) is 0 Å². The Balaban J connectivity index is 2.56. The number of carbonyl (C=O) groups excluding carboxylic acids is 1. The lowest BCUT2D eigenvalue weighted by Crippen LogP contribution is -1.79. The summed E-state index contributed by atoms with van der Waals surface area (Å²) in [6.45, 7) is 1.83. The van der Waals surface area contributed by atoms with Crippen LogP contribution in [0.25, 0.3) is 11.3 Å². The number of hydrogen-bond donors (Lipinski definition) is 0. The summed E-state index contributed by atoms with van der Waals surface area (Å²) >= 11 is 0. The maximum Gasteiger partial charge on any atom is 0.153 e. The van der Waals surface area contributed by atoms with Crippen molar-refractivity contribution in [2.24, 2.45) is 0 Å². The van der Waals surface area contributed by atoms with Crippen molar-refractivity contribution in [2.75, 3.05) is 0 Å². The molecule has 1 heterocycles. The Bertz CT molecular complexity index is 441. The maximum atomic E-state index is 10.8. The van der Waals surface area contributed by atoms with Gasteiger partial charge in [0, 0.05) is 5.56 Å². The molecule has 0 saturated heterocycles. The average Bonchev–Trinajstić information content (AvgIpc) is 2.61. The molecule has 0 amide bonds. The van der Waals surface area contributed by atoms with Crippen molar-refractivity contribution in [1.82, 2.24) is 0 Å². The highest BCUT2D eigenvalue weighted by atomic mass is 16.3. The first-order valence-electron chi connectivity index (χ1n) is 4.42. The van der Waals surface area contributed by atoms with Crippen LogP contribution in [0.15, 0.2) is 40.8 Å². The fourth-order valence-electron chi connectivity index (χ4n) is 1.44. The van der Waals surface area contributed by atoms with Gasteiger partial charge in [-0.2, -0.15) is 0 Å². The molecular formula is C12H10O2. The number of furan rings is 1. The third-order valence-corrected chi connectivity index (χ3v) is 2.05. The van der Waals surface area contributed by atoms with Crippen LogP contribution in [0.2, 0.25) is 0 Å². The zero-order valence-corrected chi connectivity index (χ0v) is 7.86. The van der Waals surface area contributed by atoms with Crippen molar-refractivity contribution >= 4 is 6.29 Å². The number of rotatable bonds is 2. The summed E-state index contributed by atoms with van der Waals surface area (Å²) in [6, 6.07) is 11.4. The minimum Gasteiger partial charge on any atom is -0.461 e. The molecule has 0 aliphatic rings. The van der Waals surface area contributed by atoms with Crippen LogP contribution in [-0.4, -0.2) is 6.29 Å². The van der Waals surface area contributed by atoms with Crippen molar-refractivity contribution in [3.63, 3.8) is 0 Å². The standard InChI is InChI=1S/C12H10O2/c1-9-7-11(8-13)12(14-9)10-5-3-2-4-6-10/h2-8H,1H3. The average molecular weight is 186 g/mol. The maximum absolute atomic E-state index is 10.8. The molecule has 0 atom stereocenters. The van der Waals surface area contributed by atoms with Crippen molar-refractivity contribution in [2.45, 2.75) is 6.92 Å². The SMILES string of the molecule is Cc1cc(C=O)c(-c2ccccc2)o1. The van der Waals surface area contributed by atoms with E-state index in [-0.39, 0.29) is 0 Å². The Hall–Kier alpha value is -1.83. The summed E-state index contributed by atoms with van der Waals surface area (Å²) in [7, 11) is 0. The first-order valence-corrected chi connectivity index (χ1v) is 4.42. The third-order valence-electron chi connectivity index (χ3n) is 2.05. The first-order chi connectivity index (χ1) is 6.81. The van der Waals surface area contributed by atoms with Crippen molar-refractivity contribution < 1.29 is 9.21 Å². The molecule has 0 bridgehead atoms. The van der Waals surface area contributed by atoms with E-state index in [1.54, 1.807) is 6.07 Å². The summed E-state index contributed by atoms with van der Waals surface area (Å²) in [5.74, 6) is 1.41. The lowest BCUT2D eigenvalue weighted by atomic mass is 10.1. The van der Waals surface area contributed by atoms with Crippen LogP contribution in [0.5, 0.6) is 0 Å². The number of hydrogen-bond acceptors (Lipinski definition) is 2. The molecule has 14 heavy (non-hydrogen) atoms. The van der Waals surface area contributed by atoms with Gasteiger partial charge in [0.15, 0.2) is 6.29 Å². The Morgan fingerprint density at radius 3 is 2.57 bits per heavy atom. The molecule has 1 aromatic carbocycles. The van der Waals surface area contributed by atoms with Gasteiger partial charge in [0.2, 0.25) is 0 Å². The summed E-state index contributed by atoms with van der Waals surface area (Å²) < 4.78 is 5.46. The monoisotopic (exact) mass is 186 g/mol. The topological polar surface area (TPSA) is 30.2 Å². The van der Waals surface area contributed by atoms with Crippen molar-refractivity contribution in [1.29, 1.82) is 0 Å². The van der Waals surface area contributed by atoms with E-state index in [1.807, 2.05) is 37.3 Å². The highest BCUT2D eigenvalue weighted by Crippen LogP contribution is 2.25. The van der Waals surface area contributed by atoms with Gasteiger partial charge in [-0.05, 0) is 13.0 Å². The van der Waals surface area contributed by atoms with Crippen LogP contribution >= 0.6 is 0 Å². The van der Waals surface area contributed by atoms with E-state index >= 15 is 0 Å². The van der Waals surface area contributed by atoms with Gasteiger partial charge in [0.1, 0.15) is 11.5 Å². The van der Waals surface area contributed by atoms with Gasteiger partial charge in [0.05, 0.1) is 5.56 Å². The van der Waals surface area contributed by atoms with Gasteiger partial charge in [0.25, 0.3) is 0 Å². The molecular weight excluding hydrogens is 176 g/mol. The molecule has 0 radical (unpaired) electrons. The molecule has 2 rings (SSSR count). The van der Waals surface area contributed by atoms with Crippen molar-refractivity contribution in [3.8, 4) is 11.3 Å².